The zero-order valence-corrected chi connectivity index (χ0v) is 16.7. The molecule has 2 unspecified atom stereocenters. The van der Waals surface area contributed by atoms with Crippen LogP contribution in [0, 0.1) is 5.92 Å². The summed E-state index contributed by atoms with van der Waals surface area (Å²) < 4.78 is 10.6. The fourth-order valence-electron chi connectivity index (χ4n) is 1.87. The quantitative estimate of drug-likeness (QED) is 0.422. The van der Waals surface area contributed by atoms with Crippen molar-refractivity contribution in [2.45, 2.75) is 79.1 Å². The van der Waals surface area contributed by atoms with Crippen molar-refractivity contribution in [1.29, 1.82) is 0 Å². The largest absolute Gasteiger partial charge is 0.513 e. The van der Waals surface area contributed by atoms with Gasteiger partial charge in [0.25, 0.3) is 0 Å². The van der Waals surface area contributed by atoms with Crippen LogP contribution in [0.5, 0.6) is 0 Å². The second-order valence-corrected chi connectivity index (χ2v) is 8.14. The first-order chi connectivity index (χ1) is 11.2. The number of rotatable bonds is 6. The molecule has 0 rings (SSSR count). The number of ether oxygens (including phenoxy) is 2. The third-order valence-corrected chi connectivity index (χ3v) is 2.77. The molecule has 0 heterocycles. The van der Waals surface area contributed by atoms with E-state index in [1.165, 1.54) is 0 Å². The fourth-order valence-corrected chi connectivity index (χ4v) is 1.87. The number of hydrogen-bond donors (Lipinski definition) is 2. The van der Waals surface area contributed by atoms with Crippen LogP contribution in [0.15, 0.2) is 24.0 Å². The summed E-state index contributed by atoms with van der Waals surface area (Å²) in [7, 11) is 0. The zero-order valence-electron chi connectivity index (χ0n) is 16.7. The summed E-state index contributed by atoms with van der Waals surface area (Å²) in [5.74, 6) is -0.338. The molecule has 0 aliphatic carbocycles. The molecule has 0 aliphatic heterocycles. The van der Waals surface area contributed by atoms with E-state index in [0.29, 0.717) is 6.42 Å². The van der Waals surface area contributed by atoms with Crippen molar-refractivity contribution in [3.05, 3.63) is 24.0 Å². The number of alkyl carbamates (subject to hydrolysis) is 1. The van der Waals surface area contributed by atoms with Crippen LogP contribution in [0.4, 0.5) is 4.79 Å². The summed E-state index contributed by atoms with van der Waals surface area (Å²) >= 11 is 0. The highest BCUT2D eigenvalue weighted by molar-refractivity contribution is 5.81. The van der Waals surface area contributed by atoms with E-state index in [9.17, 15) is 9.59 Å². The SMILES string of the molecule is C/C(O)=C\C=C/C(C)CC(NC(=O)OC(C)(C)C)C(=O)OC(C)(C)C. The van der Waals surface area contributed by atoms with Gasteiger partial charge in [0, 0.05) is 0 Å². The maximum Gasteiger partial charge on any atom is 0.408 e. The van der Waals surface area contributed by atoms with Gasteiger partial charge >= 0.3 is 12.1 Å². The van der Waals surface area contributed by atoms with Crippen molar-refractivity contribution in [2.75, 3.05) is 0 Å². The monoisotopic (exact) mass is 355 g/mol. The van der Waals surface area contributed by atoms with Crippen molar-refractivity contribution in [1.82, 2.24) is 5.32 Å². The first-order valence-electron chi connectivity index (χ1n) is 8.46. The van der Waals surface area contributed by atoms with Gasteiger partial charge in [0.15, 0.2) is 0 Å². The van der Waals surface area contributed by atoms with Gasteiger partial charge in [0.1, 0.15) is 17.2 Å². The molecule has 0 radical (unpaired) electrons. The molecule has 0 fully saturated rings. The number of carbonyl (C=O) groups excluding carboxylic acids is 2. The molecule has 2 N–H and O–H groups in total. The topological polar surface area (TPSA) is 84.9 Å². The van der Waals surface area contributed by atoms with Crippen LogP contribution in [0.25, 0.3) is 0 Å². The summed E-state index contributed by atoms with van der Waals surface area (Å²) in [6, 6.07) is -0.826. The lowest BCUT2D eigenvalue weighted by atomic mass is 10.0. The summed E-state index contributed by atoms with van der Waals surface area (Å²) in [5, 5.41) is 11.7. The molecule has 0 aromatic carbocycles. The van der Waals surface area contributed by atoms with E-state index in [1.54, 1.807) is 60.6 Å². The van der Waals surface area contributed by atoms with Crippen LogP contribution in [-0.2, 0) is 14.3 Å². The maximum atomic E-state index is 12.4. The first-order valence-corrected chi connectivity index (χ1v) is 8.46. The molecule has 0 aromatic heterocycles. The molecule has 0 saturated carbocycles. The van der Waals surface area contributed by atoms with Crippen molar-refractivity contribution < 1.29 is 24.2 Å². The van der Waals surface area contributed by atoms with Crippen molar-refractivity contribution in [3.63, 3.8) is 0 Å². The number of aliphatic hydroxyl groups excluding tert-OH is 1. The maximum absolute atomic E-state index is 12.4. The minimum Gasteiger partial charge on any atom is -0.513 e. The number of carbonyl (C=O) groups is 2. The van der Waals surface area contributed by atoms with Crippen molar-refractivity contribution in [2.24, 2.45) is 5.92 Å². The Balaban J connectivity index is 5.06. The Morgan fingerprint density at radius 2 is 1.60 bits per heavy atom. The Kier molecular flexibility index (Phi) is 8.74. The summed E-state index contributed by atoms with van der Waals surface area (Å²) in [4.78, 5) is 24.4. The number of esters is 1. The molecular weight excluding hydrogens is 322 g/mol. The number of allylic oxidation sites excluding steroid dienone is 4. The Bertz CT molecular complexity index is 505. The van der Waals surface area contributed by atoms with E-state index in [0.717, 1.165) is 0 Å². The van der Waals surface area contributed by atoms with E-state index in [4.69, 9.17) is 14.6 Å². The molecule has 0 bridgehead atoms. The normalized spacial score (nSPS) is 15.6. The molecule has 144 valence electrons. The van der Waals surface area contributed by atoms with Crippen LogP contribution < -0.4 is 5.32 Å². The van der Waals surface area contributed by atoms with Crippen molar-refractivity contribution >= 4 is 12.1 Å². The van der Waals surface area contributed by atoms with Gasteiger partial charge in [-0.05, 0) is 66.9 Å². The molecule has 0 saturated heterocycles. The average Bonchev–Trinajstić information content (AvgIpc) is 2.32. The predicted octanol–water partition coefficient (Wildman–Crippen LogP) is 4.27. The second-order valence-electron chi connectivity index (χ2n) is 8.14. The third-order valence-electron chi connectivity index (χ3n) is 2.77. The van der Waals surface area contributed by atoms with Gasteiger partial charge < -0.3 is 19.9 Å². The van der Waals surface area contributed by atoms with Gasteiger partial charge in [-0.1, -0.05) is 19.1 Å². The van der Waals surface area contributed by atoms with Crippen LogP contribution in [0.2, 0.25) is 0 Å². The molecule has 2 atom stereocenters. The second kappa shape index (κ2) is 9.49. The lowest BCUT2D eigenvalue weighted by Crippen LogP contribution is -2.46. The molecule has 0 spiro atoms. The highest BCUT2D eigenvalue weighted by atomic mass is 16.6. The van der Waals surface area contributed by atoms with E-state index < -0.39 is 29.3 Å². The third kappa shape index (κ3) is 13.0. The minimum absolute atomic E-state index is 0.0249. The summed E-state index contributed by atoms with van der Waals surface area (Å²) in [6.45, 7) is 14.1. The Hall–Kier alpha value is -1.98. The fraction of sp³-hybridized carbons (Fsp3) is 0.684. The summed E-state index contributed by atoms with van der Waals surface area (Å²) in [6.07, 6.45) is 4.79. The highest BCUT2D eigenvalue weighted by Gasteiger charge is 2.29. The van der Waals surface area contributed by atoms with Crippen LogP contribution >= 0.6 is 0 Å². The van der Waals surface area contributed by atoms with Crippen LogP contribution in [0.1, 0.15) is 61.8 Å². The van der Waals surface area contributed by atoms with E-state index in [1.807, 2.05) is 13.0 Å². The highest BCUT2D eigenvalue weighted by Crippen LogP contribution is 2.15. The Morgan fingerprint density at radius 3 is 2.04 bits per heavy atom. The van der Waals surface area contributed by atoms with Gasteiger partial charge in [0.2, 0.25) is 0 Å². The zero-order chi connectivity index (χ0) is 19.8. The minimum atomic E-state index is -0.826. The number of hydrogen-bond acceptors (Lipinski definition) is 5. The van der Waals surface area contributed by atoms with Gasteiger partial charge in [-0.2, -0.15) is 0 Å². The van der Waals surface area contributed by atoms with E-state index in [-0.39, 0.29) is 11.7 Å². The number of amides is 1. The molecule has 0 aromatic rings. The van der Waals surface area contributed by atoms with Gasteiger partial charge in [-0.25, -0.2) is 9.59 Å². The average molecular weight is 355 g/mol. The summed E-state index contributed by atoms with van der Waals surface area (Å²) in [5.41, 5.74) is -1.31. The molecule has 6 heteroatoms. The Morgan fingerprint density at radius 1 is 1.08 bits per heavy atom. The van der Waals surface area contributed by atoms with Crippen LogP contribution in [0.3, 0.4) is 0 Å². The lowest BCUT2D eigenvalue weighted by molar-refractivity contribution is -0.157. The standard InChI is InChI=1S/C19H33NO5/c1-13(10-9-11-14(2)21)12-15(16(22)24-18(3,4)5)20-17(23)25-19(6,7)8/h9-11,13,15,21H,12H2,1-8H3,(H,20,23)/b10-9-,14-11+. The van der Waals surface area contributed by atoms with Gasteiger partial charge in [-0.15, -0.1) is 0 Å². The van der Waals surface area contributed by atoms with E-state index >= 15 is 0 Å². The first kappa shape index (κ1) is 23.0. The smallest absolute Gasteiger partial charge is 0.408 e. The van der Waals surface area contributed by atoms with Crippen molar-refractivity contribution in [3.8, 4) is 0 Å². The van der Waals surface area contributed by atoms with Gasteiger partial charge in [0.05, 0.1) is 5.76 Å². The molecule has 1 amide bonds. The Labute approximate surface area is 151 Å². The van der Waals surface area contributed by atoms with Crippen LogP contribution in [-0.4, -0.2) is 34.4 Å². The molecule has 0 aliphatic rings. The van der Waals surface area contributed by atoms with Gasteiger partial charge in [-0.3, -0.25) is 0 Å². The number of aliphatic hydroxyl groups is 1. The number of nitrogens with one attached hydrogen (secondary N) is 1. The molecular formula is C19H33NO5. The molecule has 25 heavy (non-hydrogen) atoms. The van der Waals surface area contributed by atoms with E-state index in [2.05, 4.69) is 5.32 Å². The predicted molar refractivity (Wildman–Crippen MR) is 98.3 cm³/mol. The molecule has 6 nitrogen and oxygen atoms in total. The lowest BCUT2D eigenvalue weighted by Gasteiger charge is -2.27.